The van der Waals surface area contributed by atoms with E-state index in [0.29, 0.717) is 48.7 Å². The van der Waals surface area contributed by atoms with Crippen LogP contribution in [0.2, 0.25) is 0 Å². The van der Waals surface area contributed by atoms with Gasteiger partial charge >= 0.3 is 10.4 Å². The Hall–Kier alpha value is -2.29. The summed E-state index contributed by atoms with van der Waals surface area (Å²) in [5, 5.41) is 30.4. The zero-order valence-electron chi connectivity index (χ0n) is 24.0. The normalized spacial score (nSPS) is 26.5. The summed E-state index contributed by atoms with van der Waals surface area (Å²) in [4.78, 5) is 0. The summed E-state index contributed by atoms with van der Waals surface area (Å²) in [6.45, 7) is 11.2. The van der Waals surface area contributed by atoms with E-state index < -0.39 is 16.5 Å². The van der Waals surface area contributed by atoms with Gasteiger partial charge < -0.3 is 19.5 Å². The van der Waals surface area contributed by atoms with Gasteiger partial charge in [0.1, 0.15) is 17.8 Å². The van der Waals surface area contributed by atoms with Gasteiger partial charge in [-0.15, -0.1) is 0 Å². The highest BCUT2D eigenvalue weighted by Gasteiger charge is 2.51. The first-order valence-electron chi connectivity index (χ1n) is 14.0. The number of hydrogen-bond acceptors (Lipinski definition) is 6. The summed E-state index contributed by atoms with van der Waals surface area (Å²) in [7, 11) is -4.63. The van der Waals surface area contributed by atoms with Gasteiger partial charge in [-0.3, -0.25) is 4.55 Å². The third-order valence-corrected chi connectivity index (χ3v) is 9.70. The summed E-state index contributed by atoms with van der Waals surface area (Å²) >= 11 is 0. The van der Waals surface area contributed by atoms with Gasteiger partial charge in [0.2, 0.25) is 0 Å². The molecular formula is C31H46O7S. The summed E-state index contributed by atoms with van der Waals surface area (Å²) < 4.78 is 36.4. The zero-order valence-corrected chi connectivity index (χ0v) is 24.8. The zero-order chi connectivity index (χ0) is 29.0. The van der Waals surface area contributed by atoms with Crippen molar-refractivity contribution in [1.29, 1.82) is 0 Å². The predicted octanol–water partition coefficient (Wildman–Crippen LogP) is 7.01. The van der Waals surface area contributed by atoms with Crippen molar-refractivity contribution >= 4 is 10.4 Å². The minimum atomic E-state index is -4.63. The highest BCUT2D eigenvalue weighted by Crippen LogP contribution is 2.60. The second-order valence-corrected chi connectivity index (χ2v) is 13.5. The molecule has 3 rings (SSSR count). The fourth-order valence-electron chi connectivity index (χ4n) is 7.09. The van der Waals surface area contributed by atoms with Gasteiger partial charge in [0, 0.05) is 5.56 Å². The van der Waals surface area contributed by atoms with Crippen molar-refractivity contribution in [2.24, 2.45) is 22.7 Å². The molecule has 2 aliphatic rings. The van der Waals surface area contributed by atoms with Crippen molar-refractivity contribution in [3.05, 3.63) is 58.9 Å². The molecule has 0 aromatic heterocycles. The van der Waals surface area contributed by atoms with Crippen molar-refractivity contribution < 1.29 is 32.5 Å². The molecule has 7 nitrogen and oxygen atoms in total. The molecule has 0 amide bonds. The van der Waals surface area contributed by atoms with Gasteiger partial charge in [-0.05, 0) is 117 Å². The first-order valence-corrected chi connectivity index (χ1v) is 15.3. The van der Waals surface area contributed by atoms with E-state index in [1.165, 1.54) is 43.0 Å². The van der Waals surface area contributed by atoms with Crippen LogP contribution in [0, 0.1) is 22.7 Å². The van der Waals surface area contributed by atoms with E-state index in [9.17, 15) is 23.7 Å². The third kappa shape index (κ3) is 8.12. The molecule has 0 heterocycles. The number of benzene rings is 1. The quantitative estimate of drug-likeness (QED) is 0.0989. The van der Waals surface area contributed by atoms with E-state index in [0.717, 1.165) is 24.7 Å². The molecule has 0 bridgehead atoms. The smallest absolute Gasteiger partial charge is 0.445 e. The Bertz CT molecular complexity index is 1210. The molecule has 1 aromatic carbocycles. The first kappa shape index (κ1) is 31.2. The van der Waals surface area contributed by atoms with Crippen LogP contribution in [0.5, 0.6) is 11.5 Å². The lowest BCUT2D eigenvalue weighted by atomic mass is 9.48. The van der Waals surface area contributed by atoms with Crippen molar-refractivity contribution in [2.45, 2.75) is 98.5 Å². The van der Waals surface area contributed by atoms with Crippen molar-refractivity contribution in [3.8, 4) is 11.5 Å². The lowest BCUT2D eigenvalue weighted by Gasteiger charge is -2.57. The van der Waals surface area contributed by atoms with Crippen molar-refractivity contribution in [3.63, 3.8) is 0 Å². The molecule has 4 unspecified atom stereocenters. The molecule has 2 aliphatic carbocycles. The maximum atomic E-state index is 11.3. The van der Waals surface area contributed by atoms with E-state index in [2.05, 4.69) is 38.0 Å². The van der Waals surface area contributed by atoms with Gasteiger partial charge in [0.25, 0.3) is 0 Å². The number of allylic oxidation sites excluding steroid dienone is 4. The van der Waals surface area contributed by atoms with Crippen LogP contribution in [0.3, 0.4) is 0 Å². The van der Waals surface area contributed by atoms with Gasteiger partial charge in [0.15, 0.2) is 0 Å². The Morgan fingerprint density at radius 3 is 2.59 bits per heavy atom. The average molecular weight is 563 g/mol. The van der Waals surface area contributed by atoms with Gasteiger partial charge in [0.05, 0.1) is 6.10 Å². The van der Waals surface area contributed by atoms with Crippen LogP contribution in [-0.4, -0.2) is 34.4 Å². The Balaban J connectivity index is 1.69. The largest absolute Gasteiger partial charge is 0.508 e. The Labute approximate surface area is 234 Å². The molecule has 0 saturated heterocycles. The number of rotatable bonds is 11. The summed E-state index contributed by atoms with van der Waals surface area (Å²) in [6.07, 6.45) is 11.8. The second-order valence-electron chi connectivity index (χ2n) is 12.5. The molecule has 1 saturated carbocycles. The highest BCUT2D eigenvalue weighted by atomic mass is 32.3. The maximum absolute atomic E-state index is 11.3. The van der Waals surface area contributed by atoms with E-state index in [-0.39, 0.29) is 22.3 Å². The Morgan fingerprint density at radius 1 is 1.18 bits per heavy atom. The van der Waals surface area contributed by atoms with Crippen molar-refractivity contribution in [1.82, 2.24) is 0 Å². The van der Waals surface area contributed by atoms with Gasteiger partial charge in [-0.2, -0.15) is 8.42 Å². The van der Waals surface area contributed by atoms with E-state index >= 15 is 0 Å². The molecule has 8 heteroatoms. The maximum Gasteiger partial charge on any atom is 0.445 e. The first-order chi connectivity index (χ1) is 18.1. The topological polar surface area (TPSA) is 124 Å². The molecule has 1 fully saturated rings. The van der Waals surface area contributed by atoms with Crippen LogP contribution in [0.25, 0.3) is 0 Å². The van der Waals surface area contributed by atoms with Gasteiger partial charge in [-0.25, -0.2) is 0 Å². The van der Waals surface area contributed by atoms with Gasteiger partial charge in [-0.1, -0.05) is 44.9 Å². The van der Waals surface area contributed by atoms with Crippen molar-refractivity contribution in [2.75, 3.05) is 0 Å². The molecule has 218 valence electrons. The monoisotopic (exact) mass is 562 g/mol. The van der Waals surface area contributed by atoms with Crippen LogP contribution < -0.4 is 0 Å². The van der Waals surface area contributed by atoms with Crippen LogP contribution in [0.4, 0.5) is 0 Å². The van der Waals surface area contributed by atoms with Crippen LogP contribution in [0.15, 0.2) is 53.3 Å². The highest BCUT2D eigenvalue weighted by molar-refractivity contribution is 7.81. The Morgan fingerprint density at radius 2 is 1.90 bits per heavy atom. The molecular weight excluding hydrogens is 516 g/mol. The molecule has 4 atom stereocenters. The molecule has 1 aromatic rings. The van der Waals surface area contributed by atoms with Crippen LogP contribution in [0.1, 0.15) is 91.5 Å². The minimum absolute atomic E-state index is 0.0584. The number of fused-ring (bicyclic) bond motifs is 1. The lowest BCUT2D eigenvalue weighted by Crippen LogP contribution is -2.48. The molecule has 39 heavy (non-hydrogen) atoms. The minimum Gasteiger partial charge on any atom is -0.508 e. The number of aromatic hydroxyl groups is 2. The Kier molecular flexibility index (Phi) is 10.00. The number of aliphatic hydroxyl groups is 1. The van der Waals surface area contributed by atoms with Crippen LogP contribution in [-0.2, 0) is 21.0 Å². The van der Waals surface area contributed by atoms with Crippen LogP contribution >= 0.6 is 0 Å². The van der Waals surface area contributed by atoms with E-state index in [4.69, 9.17) is 4.55 Å². The number of phenolic OH excluding ortho intramolecular Hbond substituents is 2. The third-order valence-electron chi connectivity index (χ3n) is 9.36. The fraction of sp³-hybridized carbons (Fsp3) is 0.613. The molecule has 4 N–H and O–H groups in total. The number of hydrogen-bond donors (Lipinski definition) is 4. The molecule has 0 radical (unpaired) electrons. The summed E-state index contributed by atoms with van der Waals surface area (Å²) in [6, 6.07) is 4.32. The van der Waals surface area contributed by atoms with E-state index in [1.807, 2.05) is 0 Å². The molecule has 0 aliphatic heterocycles. The van der Waals surface area contributed by atoms with E-state index in [1.54, 1.807) is 13.0 Å². The second kappa shape index (κ2) is 12.5. The fourth-order valence-corrected chi connectivity index (χ4v) is 7.35. The summed E-state index contributed by atoms with van der Waals surface area (Å²) in [5.41, 5.74) is 3.81. The summed E-state index contributed by atoms with van der Waals surface area (Å²) in [5.74, 6) is 1.09. The standard InChI is InChI=1S/C31H46O7S/c1-21-8-16-29-30(3,4)17-6-18-31(29,5)26(21)13-9-23(20-38-39(35,36)37)10-14-27(33)22(2)7-11-24-19-25(32)12-15-28(24)34/h7-8,12,15,19-20,26-27,29,32-34H,6,9-11,13-14,16-18H2,1-5H3,(H,35,36,37). The number of aliphatic hydroxyl groups excluding tert-OH is 1. The predicted molar refractivity (Wildman–Crippen MR) is 154 cm³/mol. The molecule has 0 spiro atoms. The SMILES string of the molecule is CC(=CCc1cc(O)ccc1O)C(O)CCC(=COS(=O)(=O)O)CCC1C(C)=CCC2C(C)(C)CCCC12C. The number of phenols is 2. The lowest BCUT2D eigenvalue weighted by molar-refractivity contribution is -0.0391. The average Bonchev–Trinajstić information content (AvgIpc) is 2.83.